The SMILES string of the molecule is C[C@@H]1C[C@H](CN2CC(C#N)C2)C[C@@H]1c1cnc2cnc3[nH]ccc3n12. The van der Waals surface area contributed by atoms with Crippen LogP contribution in [0.5, 0.6) is 0 Å². The van der Waals surface area contributed by atoms with Gasteiger partial charge < -0.3 is 9.88 Å². The van der Waals surface area contributed by atoms with Crippen molar-refractivity contribution in [2.75, 3.05) is 19.6 Å². The van der Waals surface area contributed by atoms with Gasteiger partial charge in [-0.05, 0) is 30.7 Å². The lowest BCUT2D eigenvalue weighted by atomic mass is 9.95. The molecule has 0 spiro atoms. The number of nitriles is 1. The minimum absolute atomic E-state index is 0.253. The molecule has 1 saturated heterocycles. The van der Waals surface area contributed by atoms with E-state index in [-0.39, 0.29) is 5.92 Å². The number of hydrogen-bond donors (Lipinski definition) is 1. The molecule has 4 heterocycles. The van der Waals surface area contributed by atoms with Crippen molar-refractivity contribution < 1.29 is 0 Å². The van der Waals surface area contributed by atoms with Crippen LogP contribution >= 0.6 is 0 Å². The zero-order valence-corrected chi connectivity index (χ0v) is 14.4. The average Bonchev–Trinajstić information content (AvgIpc) is 3.26. The molecule has 0 unspecified atom stereocenters. The Labute approximate surface area is 146 Å². The summed E-state index contributed by atoms with van der Waals surface area (Å²) in [4.78, 5) is 14.7. The first-order valence-electron chi connectivity index (χ1n) is 9.14. The topological polar surface area (TPSA) is 73.0 Å². The van der Waals surface area contributed by atoms with Crippen LogP contribution in [0.2, 0.25) is 0 Å². The van der Waals surface area contributed by atoms with E-state index in [1.807, 2.05) is 18.6 Å². The molecule has 128 valence electrons. The molecule has 0 amide bonds. The molecule has 1 N–H and O–H groups in total. The fraction of sp³-hybridized carbons (Fsp3) is 0.526. The zero-order chi connectivity index (χ0) is 17.0. The molecule has 3 aromatic rings. The smallest absolute Gasteiger partial charge is 0.156 e. The molecule has 1 aliphatic carbocycles. The molecule has 3 aromatic heterocycles. The van der Waals surface area contributed by atoms with Crippen LogP contribution in [0.1, 0.15) is 31.4 Å². The summed E-state index contributed by atoms with van der Waals surface area (Å²) in [5, 5.41) is 8.95. The number of nitrogens with one attached hydrogen (secondary N) is 1. The van der Waals surface area contributed by atoms with E-state index in [1.165, 1.54) is 18.5 Å². The van der Waals surface area contributed by atoms with Crippen molar-refractivity contribution in [1.29, 1.82) is 5.26 Å². The number of imidazole rings is 1. The van der Waals surface area contributed by atoms with E-state index >= 15 is 0 Å². The number of H-pyrrole nitrogens is 1. The Bertz CT molecular complexity index is 957. The summed E-state index contributed by atoms with van der Waals surface area (Å²) < 4.78 is 2.28. The lowest BCUT2D eigenvalue weighted by Crippen LogP contribution is -2.47. The van der Waals surface area contributed by atoms with Crippen molar-refractivity contribution in [2.45, 2.75) is 25.7 Å². The normalized spacial score (nSPS) is 27.8. The number of aromatic nitrogens is 4. The van der Waals surface area contributed by atoms with E-state index in [9.17, 15) is 0 Å². The summed E-state index contributed by atoms with van der Waals surface area (Å²) in [6.07, 6.45) is 8.30. The number of nitrogens with zero attached hydrogens (tertiary/aromatic N) is 5. The van der Waals surface area contributed by atoms with E-state index in [4.69, 9.17) is 5.26 Å². The van der Waals surface area contributed by atoms with Crippen LogP contribution in [-0.2, 0) is 0 Å². The molecular weight excluding hydrogens is 312 g/mol. The van der Waals surface area contributed by atoms with Gasteiger partial charge in [-0.15, -0.1) is 0 Å². The molecule has 0 bridgehead atoms. The molecule has 25 heavy (non-hydrogen) atoms. The van der Waals surface area contributed by atoms with Gasteiger partial charge in [0.15, 0.2) is 11.3 Å². The third kappa shape index (κ3) is 2.34. The van der Waals surface area contributed by atoms with Gasteiger partial charge in [-0.25, -0.2) is 9.97 Å². The molecule has 2 fully saturated rings. The van der Waals surface area contributed by atoms with Gasteiger partial charge in [-0.1, -0.05) is 6.92 Å². The van der Waals surface area contributed by atoms with Gasteiger partial charge in [-0.2, -0.15) is 5.26 Å². The van der Waals surface area contributed by atoms with E-state index < -0.39 is 0 Å². The molecule has 0 radical (unpaired) electrons. The third-order valence-corrected chi connectivity index (χ3v) is 6.09. The summed E-state index contributed by atoms with van der Waals surface area (Å²) >= 11 is 0. The summed E-state index contributed by atoms with van der Waals surface area (Å²) in [7, 11) is 0. The molecule has 6 nitrogen and oxygen atoms in total. The van der Waals surface area contributed by atoms with Crippen molar-refractivity contribution in [3.05, 3.63) is 30.4 Å². The monoisotopic (exact) mass is 334 g/mol. The maximum Gasteiger partial charge on any atom is 0.156 e. The van der Waals surface area contributed by atoms with E-state index in [2.05, 4.69) is 43.3 Å². The third-order valence-electron chi connectivity index (χ3n) is 6.09. The Morgan fingerprint density at radius 1 is 1.28 bits per heavy atom. The van der Waals surface area contributed by atoms with Crippen LogP contribution in [-0.4, -0.2) is 43.9 Å². The number of fused-ring (bicyclic) bond motifs is 3. The van der Waals surface area contributed by atoms with E-state index in [0.717, 1.165) is 36.4 Å². The van der Waals surface area contributed by atoms with E-state index in [1.54, 1.807) is 0 Å². The van der Waals surface area contributed by atoms with Gasteiger partial charge >= 0.3 is 0 Å². The molecule has 0 aromatic carbocycles. The largest absolute Gasteiger partial charge is 0.345 e. The minimum atomic E-state index is 0.253. The first kappa shape index (κ1) is 14.9. The Morgan fingerprint density at radius 3 is 3.00 bits per heavy atom. The van der Waals surface area contributed by atoms with Gasteiger partial charge in [0.2, 0.25) is 0 Å². The van der Waals surface area contributed by atoms with Gasteiger partial charge in [0.05, 0.1) is 23.7 Å². The molecule has 1 aliphatic heterocycles. The predicted molar refractivity (Wildman–Crippen MR) is 95.0 cm³/mol. The zero-order valence-electron chi connectivity index (χ0n) is 14.4. The summed E-state index contributed by atoms with van der Waals surface area (Å²) in [6.45, 7) is 5.42. The highest BCUT2D eigenvalue weighted by Gasteiger charge is 2.37. The van der Waals surface area contributed by atoms with Crippen molar-refractivity contribution in [3.8, 4) is 6.07 Å². The first-order chi connectivity index (χ1) is 12.2. The lowest BCUT2D eigenvalue weighted by Gasteiger charge is -2.37. The van der Waals surface area contributed by atoms with Crippen molar-refractivity contribution in [1.82, 2.24) is 24.3 Å². The molecule has 2 aliphatic rings. The molecule has 6 heteroatoms. The maximum absolute atomic E-state index is 8.95. The quantitative estimate of drug-likeness (QED) is 0.799. The van der Waals surface area contributed by atoms with Crippen molar-refractivity contribution in [3.63, 3.8) is 0 Å². The molecular formula is C19H22N6. The molecule has 5 rings (SSSR count). The van der Waals surface area contributed by atoms with Crippen LogP contribution < -0.4 is 0 Å². The van der Waals surface area contributed by atoms with Gasteiger partial charge in [0.1, 0.15) is 0 Å². The highest BCUT2D eigenvalue weighted by atomic mass is 15.2. The first-order valence-corrected chi connectivity index (χ1v) is 9.14. The van der Waals surface area contributed by atoms with Crippen LogP contribution in [0.25, 0.3) is 16.8 Å². The van der Waals surface area contributed by atoms with Crippen molar-refractivity contribution in [2.24, 2.45) is 17.8 Å². The maximum atomic E-state index is 8.95. The lowest BCUT2D eigenvalue weighted by molar-refractivity contribution is 0.112. The molecule has 3 atom stereocenters. The van der Waals surface area contributed by atoms with Crippen LogP contribution in [0.3, 0.4) is 0 Å². The van der Waals surface area contributed by atoms with Crippen LogP contribution in [0, 0.1) is 29.1 Å². The van der Waals surface area contributed by atoms with Crippen molar-refractivity contribution >= 4 is 16.8 Å². The fourth-order valence-electron chi connectivity index (χ4n) is 4.86. The summed E-state index contributed by atoms with van der Waals surface area (Å²) in [5.41, 5.74) is 4.27. The number of likely N-dealkylation sites (tertiary alicyclic amines) is 1. The Balaban J connectivity index is 1.41. The highest BCUT2D eigenvalue weighted by molar-refractivity contribution is 5.74. The second-order valence-corrected chi connectivity index (χ2v) is 7.81. The van der Waals surface area contributed by atoms with Crippen LogP contribution in [0.4, 0.5) is 0 Å². The minimum Gasteiger partial charge on any atom is -0.345 e. The predicted octanol–water partition coefficient (Wildman–Crippen LogP) is 2.80. The standard InChI is InChI=1S/C19H22N6/c1-12-4-13(9-24-10-14(6-20)11-24)5-15(12)17-7-22-18-8-23-19-16(25(17)18)2-3-21-19/h2-3,7-8,12-15,21H,4-5,9-11H2,1H3/t12-,13+,15+/m1/s1. The number of hydrogen-bond acceptors (Lipinski definition) is 4. The second-order valence-electron chi connectivity index (χ2n) is 7.81. The second kappa shape index (κ2) is 5.57. The average molecular weight is 334 g/mol. The molecule has 1 saturated carbocycles. The Kier molecular flexibility index (Phi) is 3.32. The summed E-state index contributed by atoms with van der Waals surface area (Å²) in [5.74, 6) is 2.16. The van der Waals surface area contributed by atoms with Gasteiger partial charge in [-0.3, -0.25) is 4.40 Å². The van der Waals surface area contributed by atoms with E-state index in [0.29, 0.717) is 17.8 Å². The summed E-state index contributed by atoms with van der Waals surface area (Å²) in [6, 6.07) is 4.45. The number of rotatable bonds is 3. The fourth-order valence-corrected chi connectivity index (χ4v) is 4.86. The highest BCUT2D eigenvalue weighted by Crippen LogP contribution is 2.44. The Morgan fingerprint density at radius 2 is 2.16 bits per heavy atom. The Hall–Kier alpha value is -2.39. The van der Waals surface area contributed by atoms with Gasteiger partial charge in [0, 0.05) is 43.6 Å². The van der Waals surface area contributed by atoms with Crippen LogP contribution in [0.15, 0.2) is 24.7 Å². The van der Waals surface area contributed by atoms with Gasteiger partial charge in [0.25, 0.3) is 0 Å². The number of aromatic amines is 1.